The van der Waals surface area contributed by atoms with Gasteiger partial charge in [-0.15, -0.1) is 0 Å². The van der Waals surface area contributed by atoms with E-state index in [1.807, 2.05) is 6.07 Å². The summed E-state index contributed by atoms with van der Waals surface area (Å²) in [6.07, 6.45) is 4.57. The fourth-order valence-electron chi connectivity index (χ4n) is 8.13. The molecule has 4 heteroatoms. The molecule has 228 valence electrons. The van der Waals surface area contributed by atoms with Crippen LogP contribution in [0.25, 0.3) is 43.6 Å². The van der Waals surface area contributed by atoms with Gasteiger partial charge in [0.15, 0.2) is 11.3 Å². The molecule has 1 unspecified atom stereocenters. The first kappa shape index (κ1) is 27.9. The molecule has 0 bridgehead atoms. The van der Waals surface area contributed by atoms with E-state index in [0.717, 1.165) is 54.1 Å². The van der Waals surface area contributed by atoms with Crippen LogP contribution in [0, 0.1) is 6.57 Å². The molecule has 0 saturated carbocycles. The predicted octanol–water partition coefficient (Wildman–Crippen LogP) is 10.0. The summed E-state index contributed by atoms with van der Waals surface area (Å²) in [5.41, 5.74) is 8.91. The second-order valence-electron chi connectivity index (χ2n) is 13.4. The number of hydrogen-bond acceptors (Lipinski definition) is 3. The summed E-state index contributed by atoms with van der Waals surface area (Å²) in [7, 11) is 0. The van der Waals surface area contributed by atoms with E-state index >= 15 is 0 Å². The van der Waals surface area contributed by atoms with Gasteiger partial charge in [0.1, 0.15) is 5.75 Å². The van der Waals surface area contributed by atoms with Crippen molar-refractivity contribution in [3.8, 4) is 16.9 Å². The normalized spacial score (nSPS) is 19.1. The molecule has 0 N–H and O–H groups in total. The third kappa shape index (κ3) is 4.10. The standard InChI is InChI=1S/C43H34N2O2/c1-42(2)38-27-32(44-3)16-19-36(38)39-34-10-6-7-11-35(34)41-37(40(39)42)20-21-43(47-41,31-13-12-28-8-4-5-9-29(28)26-31)30-14-17-33(18-15-30)45-22-24-46-25-23-45/h4-21,26-27H,22-25H2,1-2H3. The number of fused-ring (bicyclic) bond motifs is 9. The van der Waals surface area contributed by atoms with Crippen LogP contribution in [-0.2, 0) is 15.8 Å². The van der Waals surface area contributed by atoms with Gasteiger partial charge in [-0.1, -0.05) is 111 Å². The Balaban J connectivity index is 1.28. The van der Waals surface area contributed by atoms with Crippen molar-refractivity contribution in [2.24, 2.45) is 0 Å². The molecule has 1 fully saturated rings. The van der Waals surface area contributed by atoms with Gasteiger partial charge in [0, 0.05) is 46.3 Å². The first-order valence-corrected chi connectivity index (χ1v) is 16.4. The number of morpholine rings is 1. The van der Waals surface area contributed by atoms with E-state index in [1.165, 1.54) is 44.1 Å². The zero-order chi connectivity index (χ0) is 31.8. The zero-order valence-electron chi connectivity index (χ0n) is 26.6. The molecule has 1 aliphatic carbocycles. The molecule has 1 saturated heterocycles. The molecular formula is C43H34N2O2. The SMILES string of the molecule is [C-]#[N+]c1ccc2c(c1)C(C)(C)c1c3c(c4ccccc4c1-2)OC(c1ccc(N2CCOCC2)cc1)(c1ccc2ccccc2c1)C=C3. The minimum absolute atomic E-state index is 0.310. The number of benzene rings is 6. The molecule has 6 aromatic carbocycles. The summed E-state index contributed by atoms with van der Waals surface area (Å²) in [5.74, 6) is 0.901. The Labute approximate surface area is 275 Å². The van der Waals surface area contributed by atoms with Crippen LogP contribution in [0.3, 0.4) is 0 Å². The predicted molar refractivity (Wildman–Crippen MR) is 192 cm³/mol. The van der Waals surface area contributed by atoms with E-state index < -0.39 is 5.60 Å². The smallest absolute Gasteiger partial charge is 0.187 e. The number of rotatable bonds is 3. The topological polar surface area (TPSA) is 26.1 Å². The van der Waals surface area contributed by atoms with Crippen LogP contribution >= 0.6 is 0 Å². The summed E-state index contributed by atoms with van der Waals surface area (Å²) in [6.45, 7) is 15.6. The Bertz CT molecular complexity index is 2300. The van der Waals surface area contributed by atoms with Crippen LogP contribution in [0.1, 0.15) is 41.7 Å². The van der Waals surface area contributed by atoms with Crippen LogP contribution in [0.2, 0.25) is 0 Å². The van der Waals surface area contributed by atoms with Gasteiger partial charge in [0.25, 0.3) is 0 Å². The Hall–Kier alpha value is -5.37. The minimum atomic E-state index is -0.843. The van der Waals surface area contributed by atoms with Crippen LogP contribution < -0.4 is 9.64 Å². The lowest BCUT2D eigenvalue weighted by molar-refractivity contribution is 0.122. The van der Waals surface area contributed by atoms with E-state index in [0.29, 0.717) is 5.69 Å². The highest BCUT2D eigenvalue weighted by Gasteiger charge is 2.44. The summed E-state index contributed by atoms with van der Waals surface area (Å²) in [5, 5.41) is 4.66. The van der Waals surface area contributed by atoms with E-state index in [2.05, 4.69) is 139 Å². The molecule has 47 heavy (non-hydrogen) atoms. The summed E-state index contributed by atoms with van der Waals surface area (Å²) < 4.78 is 13.1. The molecule has 3 aliphatic rings. The molecule has 0 aromatic heterocycles. The maximum Gasteiger partial charge on any atom is 0.187 e. The van der Waals surface area contributed by atoms with Gasteiger partial charge in [0.2, 0.25) is 0 Å². The molecule has 1 atom stereocenters. The van der Waals surface area contributed by atoms with E-state index in [4.69, 9.17) is 16.0 Å². The van der Waals surface area contributed by atoms with Gasteiger partial charge in [-0.25, -0.2) is 4.85 Å². The Morgan fingerprint density at radius 3 is 2.26 bits per heavy atom. The van der Waals surface area contributed by atoms with Gasteiger partial charge in [-0.05, 0) is 62.7 Å². The van der Waals surface area contributed by atoms with Gasteiger partial charge in [-0.3, -0.25) is 0 Å². The number of hydrogen-bond donors (Lipinski definition) is 0. The van der Waals surface area contributed by atoms with Crippen LogP contribution in [-0.4, -0.2) is 26.3 Å². The highest BCUT2D eigenvalue weighted by molar-refractivity contribution is 6.08. The van der Waals surface area contributed by atoms with Crippen molar-refractivity contribution in [2.75, 3.05) is 31.2 Å². The zero-order valence-corrected chi connectivity index (χ0v) is 26.6. The van der Waals surface area contributed by atoms with Crippen LogP contribution in [0.15, 0.2) is 115 Å². The van der Waals surface area contributed by atoms with E-state index in [-0.39, 0.29) is 5.41 Å². The van der Waals surface area contributed by atoms with Gasteiger partial charge in [0.05, 0.1) is 19.8 Å². The first-order valence-electron chi connectivity index (χ1n) is 16.4. The van der Waals surface area contributed by atoms with Crippen molar-refractivity contribution >= 4 is 39.0 Å². The number of nitrogens with zero attached hydrogens (tertiary/aromatic N) is 2. The second kappa shape index (κ2) is 10.3. The fraction of sp³-hybridized carbons (Fsp3) is 0.186. The van der Waals surface area contributed by atoms with Crippen LogP contribution in [0.4, 0.5) is 11.4 Å². The Morgan fingerprint density at radius 2 is 1.47 bits per heavy atom. The van der Waals surface area contributed by atoms with Crippen molar-refractivity contribution in [3.05, 3.63) is 155 Å². The molecule has 0 amide bonds. The summed E-state index contributed by atoms with van der Waals surface area (Å²) >= 11 is 0. The lowest BCUT2D eigenvalue weighted by Crippen LogP contribution is -2.37. The molecule has 2 aliphatic heterocycles. The Kier molecular flexibility index (Phi) is 6.13. The highest BCUT2D eigenvalue weighted by Crippen LogP contribution is 2.58. The molecule has 2 heterocycles. The summed E-state index contributed by atoms with van der Waals surface area (Å²) in [6, 6.07) is 38.9. The molecule has 0 radical (unpaired) electrons. The Morgan fingerprint density at radius 1 is 0.745 bits per heavy atom. The molecule has 0 spiro atoms. The van der Waals surface area contributed by atoms with Crippen LogP contribution in [0.5, 0.6) is 5.75 Å². The third-order valence-electron chi connectivity index (χ3n) is 10.5. The van der Waals surface area contributed by atoms with Crippen molar-refractivity contribution in [2.45, 2.75) is 24.9 Å². The average molecular weight is 611 g/mol. The largest absolute Gasteiger partial charge is 0.472 e. The average Bonchev–Trinajstić information content (AvgIpc) is 3.37. The van der Waals surface area contributed by atoms with Gasteiger partial charge < -0.3 is 14.4 Å². The van der Waals surface area contributed by atoms with Gasteiger partial charge >= 0.3 is 0 Å². The maximum absolute atomic E-state index is 7.69. The second-order valence-corrected chi connectivity index (χ2v) is 13.4. The first-order chi connectivity index (χ1) is 23.0. The van der Waals surface area contributed by atoms with Crippen molar-refractivity contribution < 1.29 is 9.47 Å². The molecule has 9 rings (SSSR count). The van der Waals surface area contributed by atoms with Crippen molar-refractivity contribution in [1.82, 2.24) is 0 Å². The quantitative estimate of drug-likeness (QED) is 0.187. The third-order valence-corrected chi connectivity index (χ3v) is 10.5. The molecular weight excluding hydrogens is 576 g/mol. The summed E-state index contributed by atoms with van der Waals surface area (Å²) in [4.78, 5) is 6.16. The van der Waals surface area contributed by atoms with Gasteiger partial charge in [-0.2, -0.15) is 0 Å². The fourth-order valence-corrected chi connectivity index (χ4v) is 8.13. The van der Waals surface area contributed by atoms with Crippen molar-refractivity contribution in [1.29, 1.82) is 0 Å². The molecule has 6 aromatic rings. The van der Waals surface area contributed by atoms with E-state index in [1.54, 1.807) is 0 Å². The monoisotopic (exact) mass is 610 g/mol. The van der Waals surface area contributed by atoms with E-state index in [9.17, 15) is 0 Å². The maximum atomic E-state index is 7.69. The lowest BCUT2D eigenvalue weighted by Gasteiger charge is -2.39. The molecule has 4 nitrogen and oxygen atoms in total. The highest BCUT2D eigenvalue weighted by atomic mass is 16.5. The number of ether oxygens (including phenoxy) is 2. The lowest BCUT2D eigenvalue weighted by atomic mass is 9.76. The van der Waals surface area contributed by atoms with Crippen molar-refractivity contribution in [3.63, 3.8) is 0 Å². The number of anilines is 1. The minimum Gasteiger partial charge on any atom is -0.472 e.